The Bertz CT molecular complexity index is 519. The van der Waals surface area contributed by atoms with Crippen LogP contribution in [-0.4, -0.2) is 16.9 Å². The summed E-state index contributed by atoms with van der Waals surface area (Å²) in [5.41, 5.74) is 7.61. The van der Waals surface area contributed by atoms with Crippen molar-refractivity contribution in [1.82, 2.24) is 10.3 Å². The Hall–Kier alpha value is -1.62. The number of nitrogens with one attached hydrogen (secondary N) is 2. The minimum Gasteiger partial charge on any atom is -0.350 e. The summed E-state index contributed by atoms with van der Waals surface area (Å²) in [7, 11) is 0. The second-order valence-electron chi connectivity index (χ2n) is 5.07. The van der Waals surface area contributed by atoms with E-state index in [2.05, 4.69) is 10.3 Å². The summed E-state index contributed by atoms with van der Waals surface area (Å²) in [6, 6.07) is 1.56. The highest BCUT2D eigenvalue weighted by molar-refractivity contribution is 5.94. The summed E-state index contributed by atoms with van der Waals surface area (Å²) in [6.45, 7) is 3.71. The lowest BCUT2D eigenvalue weighted by Gasteiger charge is -2.22. The molecule has 0 fully saturated rings. The topological polar surface area (TPSA) is 88.0 Å². The summed E-state index contributed by atoms with van der Waals surface area (Å²) >= 11 is 0. The Balaban J connectivity index is 2.40. The second kappa shape index (κ2) is 4.94. The third-order valence-electron chi connectivity index (χ3n) is 3.16. The van der Waals surface area contributed by atoms with Crippen LogP contribution < -0.4 is 16.6 Å². The van der Waals surface area contributed by atoms with Gasteiger partial charge in [0.25, 0.3) is 11.5 Å². The maximum absolute atomic E-state index is 11.9. The van der Waals surface area contributed by atoms with Crippen LogP contribution in [0.15, 0.2) is 10.9 Å². The van der Waals surface area contributed by atoms with E-state index in [0.29, 0.717) is 0 Å². The SMILES string of the molecule is CC(C)NC(=O)c1cc2c([nH]c1=O)CCCC2N. The number of hydrogen-bond donors (Lipinski definition) is 3. The standard InChI is InChI=1S/C13H19N3O2/c1-7(2)15-12(17)9-6-8-10(14)4-3-5-11(8)16-13(9)18/h6-7,10H,3-5,14H2,1-2H3,(H,15,17)(H,16,18). The lowest BCUT2D eigenvalue weighted by atomic mass is 9.91. The number of nitrogens with two attached hydrogens (primary N) is 1. The van der Waals surface area contributed by atoms with Gasteiger partial charge in [0, 0.05) is 17.8 Å². The van der Waals surface area contributed by atoms with Crippen molar-refractivity contribution < 1.29 is 4.79 Å². The van der Waals surface area contributed by atoms with Gasteiger partial charge in [-0.15, -0.1) is 0 Å². The van der Waals surface area contributed by atoms with Crippen LogP contribution >= 0.6 is 0 Å². The monoisotopic (exact) mass is 249 g/mol. The molecule has 1 aliphatic carbocycles. The fourth-order valence-corrected chi connectivity index (χ4v) is 2.29. The number of carbonyl (C=O) groups is 1. The predicted octanol–water partition coefficient (Wildman–Crippen LogP) is 0.849. The van der Waals surface area contributed by atoms with Gasteiger partial charge in [-0.05, 0) is 44.7 Å². The zero-order valence-corrected chi connectivity index (χ0v) is 10.7. The van der Waals surface area contributed by atoms with E-state index in [9.17, 15) is 9.59 Å². The molecule has 1 amide bonds. The van der Waals surface area contributed by atoms with E-state index in [0.717, 1.165) is 30.5 Å². The molecule has 0 aromatic carbocycles. The number of aryl methyl sites for hydroxylation is 1. The lowest BCUT2D eigenvalue weighted by molar-refractivity contribution is 0.0941. The number of rotatable bonds is 2. The first kappa shape index (κ1) is 12.8. The molecule has 0 aliphatic heterocycles. The third kappa shape index (κ3) is 2.46. The van der Waals surface area contributed by atoms with Crippen molar-refractivity contribution in [3.8, 4) is 0 Å². The number of aromatic nitrogens is 1. The zero-order chi connectivity index (χ0) is 13.3. The Morgan fingerprint density at radius 3 is 2.94 bits per heavy atom. The first-order valence-corrected chi connectivity index (χ1v) is 6.31. The normalized spacial score (nSPS) is 18.6. The zero-order valence-electron chi connectivity index (χ0n) is 10.7. The van der Waals surface area contributed by atoms with Crippen molar-refractivity contribution in [2.45, 2.75) is 45.2 Å². The minimum atomic E-state index is -0.341. The molecule has 1 aromatic heterocycles. The summed E-state index contributed by atoms with van der Waals surface area (Å²) in [5, 5.41) is 2.72. The van der Waals surface area contributed by atoms with Crippen molar-refractivity contribution in [1.29, 1.82) is 0 Å². The molecule has 5 nitrogen and oxygen atoms in total. The van der Waals surface area contributed by atoms with Crippen LogP contribution in [0.2, 0.25) is 0 Å². The van der Waals surface area contributed by atoms with Gasteiger partial charge in [0.15, 0.2) is 0 Å². The van der Waals surface area contributed by atoms with Crippen molar-refractivity contribution in [2.75, 3.05) is 0 Å². The highest BCUT2D eigenvalue weighted by Gasteiger charge is 2.21. The summed E-state index contributed by atoms with van der Waals surface area (Å²) in [5.74, 6) is -0.341. The minimum absolute atomic E-state index is 0.00149. The summed E-state index contributed by atoms with van der Waals surface area (Å²) in [6.07, 6.45) is 2.69. The predicted molar refractivity (Wildman–Crippen MR) is 69.5 cm³/mol. The van der Waals surface area contributed by atoms with Crippen LogP contribution in [0.5, 0.6) is 0 Å². The third-order valence-corrected chi connectivity index (χ3v) is 3.16. The number of fused-ring (bicyclic) bond motifs is 1. The molecule has 0 saturated heterocycles. The van der Waals surface area contributed by atoms with Crippen LogP contribution in [0.1, 0.15) is 54.3 Å². The molecule has 0 spiro atoms. The molecule has 1 heterocycles. The van der Waals surface area contributed by atoms with Crippen LogP contribution in [0.25, 0.3) is 0 Å². The molecule has 1 unspecified atom stereocenters. The van der Waals surface area contributed by atoms with Crippen LogP contribution in [0.4, 0.5) is 0 Å². The molecular formula is C13H19N3O2. The average molecular weight is 249 g/mol. The molecule has 4 N–H and O–H groups in total. The average Bonchev–Trinajstić information content (AvgIpc) is 2.27. The van der Waals surface area contributed by atoms with Gasteiger partial charge in [-0.1, -0.05) is 0 Å². The maximum Gasteiger partial charge on any atom is 0.261 e. The molecule has 2 rings (SSSR count). The summed E-state index contributed by atoms with van der Waals surface area (Å²) < 4.78 is 0. The van der Waals surface area contributed by atoms with Crippen LogP contribution in [0.3, 0.4) is 0 Å². The highest BCUT2D eigenvalue weighted by atomic mass is 16.2. The van der Waals surface area contributed by atoms with E-state index in [-0.39, 0.29) is 29.1 Å². The van der Waals surface area contributed by atoms with E-state index in [1.807, 2.05) is 13.8 Å². The number of hydrogen-bond acceptors (Lipinski definition) is 3. The van der Waals surface area contributed by atoms with Crippen LogP contribution in [0, 0.1) is 0 Å². The molecular weight excluding hydrogens is 230 g/mol. The van der Waals surface area contributed by atoms with Crippen molar-refractivity contribution in [2.24, 2.45) is 5.73 Å². The molecule has 18 heavy (non-hydrogen) atoms. The van der Waals surface area contributed by atoms with Gasteiger partial charge in [-0.25, -0.2) is 0 Å². The Labute approximate surface area is 106 Å². The molecule has 1 atom stereocenters. The van der Waals surface area contributed by atoms with Gasteiger partial charge in [0.05, 0.1) is 0 Å². The number of aromatic amines is 1. The number of amides is 1. The van der Waals surface area contributed by atoms with E-state index in [4.69, 9.17) is 5.73 Å². The molecule has 1 aliphatic rings. The van der Waals surface area contributed by atoms with Crippen LogP contribution in [-0.2, 0) is 6.42 Å². The molecule has 5 heteroatoms. The highest BCUT2D eigenvalue weighted by Crippen LogP contribution is 2.25. The van der Waals surface area contributed by atoms with Gasteiger partial charge in [0.1, 0.15) is 5.56 Å². The Morgan fingerprint density at radius 1 is 1.56 bits per heavy atom. The first-order chi connectivity index (χ1) is 8.49. The van der Waals surface area contributed by atoms with Crippen molar-refractivity contribution in [3.63, 3.8) is 0 Å². The van der Waals surface area contributed by atoms with Crippen molar-refractivity contribution >= 4 is 5.91 Å². The molecule has 0 radical (unpaired) electrons. The molecule has 1 aromatic rings. The second-order valence-corrected chi connectivity index (χ2v) is 5.07. The lowest BCUT2D eigenvalue weighted by Crippen LogP contribution is -2.35. The Morgan fingerprint density at radius 2 is 2.28 bits per heavy atom. The number of pyridine rings is 1. The molecule has 98 valence electrons. The smallest absolute Gasteiger partial charge is 0.261 e. The quantitative estimate of drug-likeness (QED) is 0.726. The molecule has 0 saturated carbocycles. The fraction of sp³-hybridized carbons (Fsp3) is 0.538. The van der Waals surface area contributed by atoms with Gasteiger partial charge >= 0.3 is 0 Å². The number of H-pyrrole nitrogens is 1. The van der Waals surface area contributed by atoms with Crippen molar-refractivity contribution in [3.05, 3.63) is 33.2 Å². The first-order valence-electron chi connectivity index (χ1n) is 6.31. The van der Waals surface area contributed by atoms with E-state index < -0.39 is 0 Å². The van der Waals surface area contributed by atoms with E-state index in [1.54, 1.807) is 6.07 Å². The fourth-order valence-electron chi connectivity index (χ4n) is 2.29. The maximum atomic E-state index is 11.9. The Kier molecular flexibility index (Phi) is 3.52. The van der Waals surface area contributed by atoms with E-state index >= 15 is 0 Å². The largest absolute Gasteiger partial charge is 0.350 e. The van der Waals surface area contributed by atoms with Gasteiger partial charge in [-0.3, -0.25) is 9.59 Å². The molecule has 0 bridgehead atoms. The summed E-state index contributed by atoms with van der Waals surface area (Å²) in [4.78, 5) is 26.5. The van der Waals surface area contributed by atoms with Gasteiger partial charge in [0.2, 0.25) is 0 Å². The van der Waals surface area contributed by atoms with Gasteiger partial charge in [-0.2, -0.15) is 0 Å². The van der Waals surface area contributed by atoms with Gasteiger partial charge < -0.3 is 16.0 Å². The van der Waals surface area contributed by atoms with E-state index in [1.165, 1.54) is 0 Å². The number of carbonyl (C=O) groups excluding carboxylic acids is 1.